The SMILES string of the molecule is CC1(C)CC(=O)c2cc(C(=O)Nc3ccc(OCC(F)(F)F)c(C#N)c3)c(=O)[nH]c2C1. The Kier molecular flexibility index (Phi) is 5.63. The van der Waals surface area contributed by atoms with Gasteiger partial charge >= 0.3 is 6.18 Å². The lowest BCUT2D eigenvalue weighted by molar-refractivity contribution is -0.153. The number of rotatable bonds is 4. The highest BCUT2D eigenvalue weighted by atomic mass is 19.4. The molecule has 1 aliphatic carbocycles. The number of pyridine rings is 1. The molecule has 1 amide bonds. The number of H-pyrrole nitrogens is 1. The molecule has 0 radical (unpaired) electrons. The van der Waals surface area contributed by atoms with Crippen LogP contribution in [0.2, 0.25) is 0 Å². The molecule has 0 fully saturated rings. The first kappa shape index (κ1) is 22.1. The Bertz CT molecular complexity index is 1160. The number of carbonyl (C=O) groups is 2. The molecule has 162 valence electrons. The fourth-order valence-corrected chi connectivity index (χ4v) is 3.38. The number of fused-ring (bicyclic) bond motifs is 1. The Labute approximate surface area is 174 Å². The van der Waals surface area contributed by atoms with Crippen molar-refractivity contribution in [3.05, 3.63) is 57.0 Å². The van der Waals surface area contributed by atoms with Crippen LogP contribution in [0.1, 0.15) is 52.2 Å². The number of anilines is 1. The summed E-state index contributed by atoms with van der Waals surface area (Å²) in [6.07, 6.45) is -3.81. The number of benzene rings is 1. The predicted molar refractivity (Wildman–Crippen MR) is 104 cm³/mol. The van der Waals surface area contributed by atoms with E-state index in [2.05, 4.69) is 15.0 Å². The van der Waals surface area contributed by atoms with E-state index >= 15 is 0 Å². The van der Waals surface area contributed by atoms with Crippen LogP contribution in [0.4, 0.5) is 18.9 Å². The lowest BCUT2D eigenvalue weighted by Crippen LogP contribution is -2.32. The summed E-state index contributed by atoms with van der Waals surface area (Å²) in [5.41, 5.74) is -0.668. The number of nitrogens with one attached hydrogen (secondary N) is 2. The minimum atomic E-state index is -4.57. The number of aromatic nitrogens is 1. The highest BCUT2D eigenvalue weighted by Gasteiger charge is 2.33. The largest absolute Gasteiger partial charge is 0.483 e. The summed E-state index contributed by atoms with van der Waals surface area (Å²) in [6.45, 7) is 2.24. The number of hydrogen-bond acceptors (Lipinski definition) is 5. The van der Waals surface area contributed by atoms with E-state index in [0.717, 1.165) is 12.1 Å². The smallest absolute Gasteiger partial charge is 0.422 e. The van der Waals surface area contributed by atoms with Gasteiger partial charge in [0.1, 0.15) is 17.4 Å². The van der Waals surface area contributed by atoms with Crippen LogP contribution in [0.25, 0.3) is 0 Å². The third-order valence-corrected chi connectivity index (χ3v) is 4.71. The lowest BCUT2D eigenvalue weighted by Gasteiger charge is -2.29. The number of nitriles is 1. The molecule has 1 aromatic heterocycles. The summed E-state index contributed by atoms with van der Waals surface area (Å²) in [4.78, 5) is 40.0. The number of Topliss-reactive ketones (excluding diaryl/α,β-unsaturated/α-hetero) is 1. The summed E-state index contributed by atoms with van der Waals surface area (Å²) >= 11 is 0. The van der Waals surface area contributed by atoms with Crippen molar-refractivity contribution in [1.82, 2.24) is 4.98 Å². The molecule has 0 aliphatic heterocycles. The molecule has 2 aromatic rings. The van der Waals surface area contributed by atoms with Crippen molar-refractivity contribution in [2.24, 2.45) is 5.41 Å². The number of ketones is 1. The van der Waals surface area contributed by atoms with Crippen LogP contribution in [-0.4, -0.2) is 29.5 Å². The molecule has 3 rings (SSSR count). The topological polar surface area (TPSA) is 112 Å². The summed E-state index contributed by atoms with van der Waals surface area (Å²) < 4.78 is 41.6. The van der Waals surface area contributed by atoms with Crippen molar-refractivity contribution < 1.29 is 27.5 Å². The fourth-order valence-electron chi connectivity index (χ4n) is 3.38. The van der Waals surface area contributed by atoms with Gasteiger partial charge in [-0.2, -0.15) is 18.4 Å². The summed E-state index contributed by atoms with van der Waals surface area (Å²) in [5.74, 6) is -1.30. The van der Waals surface area contributed by atoms with Gasteiger partial charge in [-0.15, -0.1) is 0 Å². The maximum Gasteiger partial charge on any atom is 0.422 e. The summed E-state index contributed by atoms with van der Waals surface area (Å²) in [5, 5.41) is 11.6. The first-order valence-electron chi connectivity index (χ1n) is 9.23. The van der Waals surface area contributed by atoms with Crippen LogP contribution >= 0.6 is 0 Å². The van der Waals surface area contributed by atoms with Crippen molar-refractivity contribution in [3.63, 3.8) is 0 Å². The minimum absolute atomic E-state index is 0.0745. The monoisotopic (exact) mass is 433 g/mol. The summed E-state index contributed by atoms with van der Waals surface area (Å²) in [7, 11) is 0. The van der Waals surface area contributed by atoms with E-state index in [0.29, 0.717) is 12.1 Å². The van der Waals surface area contributed by atoms with Gasteiger partial charge in [-0.1, -0.05) is 13.8 Å². The molecular formula is C21H18F3N3O4. The number of halogens is 3. The number of alkyl halides is 3. The second kappa shape index (κ2) is 7.91. The Hall–Kier alpha value is -3.61. The van der Waals surface area contributed by atoms with Gasteiger partial charge in [0.25, 0.3) is 11.5 Å². The number of aromatic amines is 1. The van der Waals surface area contributed by atoms with E-state index in [1.807, 2.05) is 13.8 Å². The number of nitrogens with zero attached hydrogens (tertiary/aromatic N) is 1. The zero-order valence-corrected chi connectivity index (χ0v) is 16.6. The number of carbonyl (C=O) groups excluding carboxylic acids is 2. The predicted octanol–water partition coefficient (Wildman–Crippen LogP) is 3.60. The Morgan fingerprint density at radius 1 is 1.26 bits per heavy atom. The van der Waals surface area contributed by atoms with Gasteiger partial charge in [-0.3, -0.25) is 14.4 Å². The quantitative estimate of drug-likeness (QED) is 0.765. The van der Waals surface area contributed by atoms with E-state index in [1.165, 1.54) is 12.1 Å². The second-order valence-corrected chi connectivity index (χ2v) is 8.03. The number of ether oxygens (including phenoxy) is 1. The lowest BCUT2D eigenvalue weighted by atomic mass is 9.75. The van der Waals surface area contributed by atoms with E-state index < -0.39 is 24.2 Å². The van der Waals surface area contributed by atoms with E-state index in [4.69, 9.17) is 5.26 Å². The second-order valence-electron chi connectivity index (χ2n) is 8.03. The fraction of sp³-hybridized carbons (Fsp3) is 0.333. The van der Waals surface area contributed by atoms with Crippen LogP contribution in [0.5, 0.6) is 5.75 Å². The van der Waals surface area contributed by atoms with E-state index in [9.17, 15) is 27.6 Å². The highest BCUT2D eigenvalue weighted by molar-refractivity contribution is 6.06. The molecule has 0 saturated carbocycles. The molecular weight excluding hydrogens is 415 g/mol. The van der Waals surface area contributed by atoms with E-state index in [1.54, 1.807) is 6.07 Å². The third-order valence-electron chi connectivity index (χ3n) is 4.71. The Morgan fingerprint density at radius 2 is 1.97 bits per heavy atom. The van der Waals surface area contributed by atoms with Crippen LogP contribution in [-0.2, 0) is 6.42 Å². The molecule has 1 aliphatic rings. The highest BCUT2D eigenvalue weighted by Crippen LogP contribution is 2.33. The van der Waals surface area contributed by atoms with Gasteiger partial charge < -0.3 is 15.0 Å². The first-order valence-corrected chi connectivity index (χ1v) is 9.23. The van der Waals surface area contributed by atoms with Crippen LogP contribution in [0, 0.1) is 16.7 Å². The average molecular weight is 433 g/mol. The van der Waals surface area contributed by atoms with Crippen molar-refractivity contribution in [2.45, 2.75) is 32.9 Å². The van der Waals surface area contributed by atoms with Crippen molar-refractivity contribution >= 4 is 17.4 Å². The van der Waals surface area contributed by atoms with Crippen LogP contribution < -0.4 is 15.6 Å². The summed E-state index contributed by atoms with van der Waals surface area (Å²) in [6, 6.07) is 6.42. The molecule has 2 N–H and O–H groups in total. The van der Waals surface area contributed by atoms with Crippen molar-refractivity contribution in [2.75, 3.05) is 11.9 Å². The third kappa shape index (κ3) is 5.12. The standard InChI is InChI=1S/C21H18F3N3O4/c1-20(2)7-15-13(16(28)8-20)6-14(19(30)27-15)18(29)26-12-3-4-17(11(5-12)9-25)31-10-21(22,23)24/h3-6H,7-8,10H2,1-2H3,(H,26,29)(H,27,30). The van der Waals surface area contributed by atoms with E-state index in [-0.39, 0.29) is 45.7 Å². The molecule has 0 atom stereocenters. The number of hydrogen-bond donors (Lipinski definition) is 2. The van der Waals surface area contributed by atoms with Gasteiger partial charge in [0, 0.05) is 23.4 Å². The molecule has 0 saturated heterocycles. The molecule has 1 aromatic carbocycles. The average Bonchev–Trinajstić information content (AvgIpc) is 2.64. The zero-order valence-electron chi connectivity index (χ0n) is 16.6. The normalized spacial score (nSPS) is 15.0. The molecule has 0 bridgehead atoms. The van der Waals surface area contributed by atoms with Crippen LogP contribution in [0.3, 0.4) is 0 Å². The molecule has 1 heterocycles. The van der Waals surface area contributed by atoms with Gasteiger partial charge in [0.2, 0.25) is 0 Å². The molecule has 0 unspecified atom stereocenters. The maximum atomic E-state index is 12.6. The Balaban J connectivity index is 1.84. The minimum Gasteiger partial charge on any atom is -0.483 e. The van der Waals surface area contributed by atoms with Gasteiger partial charge in [-0.25, -0.2) is 0 Å². The van der Waals surface area contributed by atoms with Crippen molar-refractivity contribution in [1.29, 1.82) is 5.26 Å². The zero-order chi connectivity index (χ0) is 23.0. The molecule has 7 nitrogen and oxygen atoms in total. The van der Waals surface area contributed by atoms with Crippen LogP contribution in [0.15, 0.2) is 29.1 Å². The number of amides is 1. The van der Waals surface area contributed by atoms with Gasteiger partial charge in [0.05, 0.1) is 5.56 Å². The maximum absolute atomic E-state index is 12.6. The molecule has 31 heavy (non-hydrogen) atoms. The van der Waals surface area contributed by atoms with Gasteiger partial charge in [0.15, 0.2) is 12.4 Å². The molecule has 0 spiro atoms. The first-order chi connectivity index (χ1) is 14.4. The van der Waals surface area contributed by atoms with Gasteiger partial charge in [-0.05, 0) is 36.1 Å². The van der Waals surface area contributed by atoms with Crippen molar-refractivity contribution in [3.8, 4) is 11.8 Å². The Morgan fingerprint density at radius 3 is 2.61 bits per heavy atom. The molecule has 10 heteroatoms.